The molecule has 2 aliphatic heterocycles. The number of nitrogens with one attached hydrogen (secondary N) is 2. The van der Waals surface area contributed by atoms with Crippen molar-refractivity contribution in [2.45, 2.75) is 24.0 Å². The minimum Gasteiger partial charge on any atom is -0.316 e. The third kappa shape index (κ3) is 3.53. The molecule has 1 aromatic carbocycles. The van der Waals surface area contributed by atoms with E-state index in [1.807, 2.05) is 0 Å². The molecule has 0 saturated carbocycles. The van der Waals surface area contributed by atoms with Gasteiger partial charge in [-0.15, -0.1) is 0 Å². The van der Waals surface area contributed by atoms with Crippen LogP contribution in [-0.4, -0.2) is 52.6 Å². The maximum Gasteiger partial charge on any atom is 0.243 e. The van der Waals surface area contributed by atoms with Gasteiger partial charge in [0.15, 0.2) is 0 Å². The summed E-state index contributed by atoms with van der Waals surface area (Å²) in [5.41, 5.74) is -0.254. The van der Waals surface area contributed by atoms with Crippen LogP contribution in [-0.2, 0) is 20.0 Å². The lowest BCUT2D eigenvalue weighted by atomic mass is 10.0. The van der Waals surface area contributed by atoms with Gasteiger partial charge in [-0.05, 0) is 57.0 Å². The van der Waals surface area contributed by atoms with Crippen molar-refractivity contribution in [3.63, 3.8) is 0 Å². The molecule has 10 heteroatoms. The maximum absolute atomic E-state index is 14.3. The van der Waals surface area contributed by atoms with Crippen LogP contribution in [0.15, 0.2) is 23.1 Å². The molecule has 0 radical (unpaired) electrons. The SMILES string of the molecule is CC(C)S(=O)(=O)Nc1ccc(S(=O)(=O)N2C[C@H]3CNC[C@H]3C2)cc1F. The second kappa shape index (κ2) is 6.49. The van der Waals surface area contributed by atoms with Crippen LogP contribution < -0.4 is 10.0 Å². The molecule has 2 saturated heterocycles. The molecule has 0 spiro atoms. The fourth-order valence-electron chi connectivity index (χ4n) is 3.17. The van der Waals surface area contributed by atoms with E-state index in [2.05, 4.69) is 10.0 Å². The van der Waals surface area contributed by atoms with Gasteiger partial charge >= 0.3 is 0 Å². The molecule has 0 aliphatic carbocycles. The Morgan fingerprint density at radius 3 is 2.28 bits per heavy atom. The van der Waals surface area contributed by atoms with Gasteiger partial charge in [-0.3, -0.25) is 4.72 Å². The number of rotatable bonds is 5. The number of halogens is 1. The van der Waals surface area contributed by atoms with E-state index >= 15 is 0 Å². The van der Waals surface area contributed by atoms with Crippen LogP contribution in [0.4, 0.5) is 10.1 Å². The second-order valence-electron chi connectivity index (χ2n) is 6.84. The molecule has 25 heavy (non-hydrogen) atoms. The Balaban J connectivity index is 1.83. The van der Waals surface area contributed by atoms with Crippen LogP contribution >= 0.6 is 0 Å². The normalized spacial score (nSPS) is 24.6. The highest BCUT2D eigenvalue weighted by Crippen LogP contribution is 2.31. The molecule has 3 rings (SSSR count). The summed E-state index contributed by atoms with van der Waals surface area (Å²) in [6.07, 6.45) is 0. The van der Waals surface area contributed by atoms with Crippen LogP contribution in [0.2, 0.25) is 0 Å². The van der Waals surface area contributed by atoms with Gasteiger partial charge in [0.05, 0.1) is 15.8 Å². The first kappa shape index (κ1) is 18.6. The number of anilines is 1. The topological polar surface area (TPSA) is 95.6 Å². The van der Waals surface area contributed by atoms with E-state index in [1.165, 1.54) is 24.2 Å². The fraction of sp³-hybridized carbons (Fsp3) is 0.600. The zero-order valence-corrected chi connectivity index (χ0v) is 15.7. The highest BCUT2D eigenvalue weighted by atomic mass is 32.2. The molecule has 7 nitrogen and oxygen atoms in total. The van der Waals surface area contributed by atoms with Crippen molar-refractivity contribution in [2.75, 3.05) is 30.9 Å². The Bertz CT molecular complexity index is 859. The lowest BCUT2D eigenvalue weighted by molar-refractivity contribution is 0.447. The van der Waals surface area contributed by atoms with Crippen molar-refractivity contribution >= 4 is 25.7 Å². The molecule has 2 atom stereocenters. The summed E-state index contributed by atoms with van der Waals surface area (Å²) < 4.78 is 66.9. The van der Waals surface area contributed by atoms with Crippen LogP contribution in [0, 0.1) is 17.7 Å². The van der Waals surface area contributed by atoms with Crippen molar-refractivity contribution in [2.24, 2.45) is 11.8 Å². The second-order valence-corrected chi connectivity index (χ2v) is 11.0. The van der Waals surface area contributed by atoms with E-state index in [9.17, 15) is 21.2 Å². The lowest BCUT2D eigenvalue weighted by Gasteiger charge is -2.18. The number of benzene rings is 1. The van der Waals surface area contributed by atoms with Gasteiger partial charge in [-0.1, -0.05) is 0 Å². The summed E-state index contributed by atoms with van der Waals surface area (Å²) in [6, 6.07) is 3.27. The lowest BCUT2D eigenvalue weighted by Crippen LogP contribution is -2.32. The van der Waals surface area contributed by atoms with E-state index in [0.717, 1.165) is 25.2 Å². The zero-order chi connectivity index (χ0) is 18.4. The number of hydrogen-bond acceptors (Lipinski definition) is 5. The summed E-state index contributed by atoms with van der Waals surface area (Å²) >= 11 is 0. The van der Waals surface area contributed by atoms with Crippen LogP contribution in [0.3, 0.4) is 0 Å². The highest BCUT2D eigenvalue weighted by molar-refractivity contribution is 7.93. The number of sulfonamides is 2. The average molecular weight is 391 g/mol. The summed E-state index contributed by atoms with van der Waals surface area (Å²) in [5, 5.41) is 2.51. The average Bonchev–Trinajstić information content (AvgIpc) is 3.10. The summed E-state index contributed by atoms with van der Waals surface area (Å²) in [6.45, 7) is 5.37. The molecule has 0 unspecified atom stereocenters. The van der Waals surface area contributed by atoms with Crippen LogP contribution in [0.25, 0.3) is 0 Å². The van der Waals surface area contributed by atoms with E-state index in [1.54, 1.807) is 0 Å². The van der Waals surface area contributed by atoms with E-state index in [0.29, 0.717) is 13.1 Å². The predicted octanol–water partition coefficient (Wildman–Crippen LogP) is 0.816. The Morgan fingerprint density at radius 2 is 1.76 bits per heavy atom. The summed E-state index contributed by atoms with van der Waals surface area (Å²) in [7, 11) is -7.50. The molecular formula is C15H22FN3O4S2. The molecule has 2 heterocycles. The van der Waals surface area contributed by atoms with Crippen LogP contribution in [0.1, 0.15) is 13.8 Å². The Kier molecular flexibility index (Phi) is 4.82. The van der Waals surface area contributed by atoms with E-state index in [-0.39, 0.29) is 22.4 Å². The van der Waals surface area contributed by atoms with Crippen LogP contribution in [0.5, 0.6) is 0 Å². The van der Waals surface area contributed by atoms with Gasteiger partial charge in [-0.25, -0.2) is 21.2 Å². The highest BCUT2D eigenvalue weighted by Gasteiger charge is 2.41. The molecule has 0 bridgehead atoms. The smallest absolute Gasteiger partial charge is 0.243 e. The largest absolute Gasteiger partial charge is 0.316 e. The molecule has 2 N–H and O–H groups in total. The van der Waals surface area contributed by atoms with Gasteiger partial charge in [-0.2, -0.15) is 4.31 Å². The van der Waals surface area contributed by atoms with Crippen molar-refractivity contribution < 1.29 is 21.2 Å². The standard InChI is InChI=1S/C15H22FN3O4S2/c1-10(2)24(20,21)18-15-4-3-13(5-14(15)16)25(22,23)19-8-11-6-17-7-12(11)9-19/h3-5,10-12,17-18H,6-9H2,1-2H3/t11-,12+. The Labute approximate surface area is 147 Å². The first-order valence-electron chi connectivity index (χ1n) is 8.13. The molecule has 1 aromatic rings. The number of nitrogens with zero attached hydrogens (tertiary/aromatic N) is 1. The molecule has 2 aliphatic rings. The fourth-order valence-corrected chi connectivity index (χ4v) is 5.44. The molecular weight excluding hydrogens is 369 g/mol. The van der Waals surface area contributed by atoms with Gasteiger partial charge < -0.3 is 5.32 Å². The summed E-state index contributed by atoms with van der Waals surface area (Å²) in [4.78, 5) is -0.162. The van der Waals surface area contributed by atoms with E-state index < -0.39 is 31.1 Å². The van der Waals surface area contributed by atoms with Crippen molar-refractivity contribution in [3.05, 3.63) is 24.0 Å². The van der Waals surface area contributed by atoms with Gasteiger partial charge in [0.1, 0.15) is 5.82 Å². The Hall–Kier alpha value is -1.23. The molecule has 2 fully saturated rings. The maximum atomic E-state index is 14.3. The van der Waals surface area contributed by atoms with Gasteiger partial charge in [0, 0.05) is 13.1 Å². The predicted molar refractivity (Wildman–Crippen MR) is 92.7 cm³/mol. The van der Waals surface area contributed by atoms with E-state index in [4.69, 9.17) is 0 Å². The van der Waals surface area contributed by atoms with Crippen molar-refractivity contribution in [1.29, 1.82) is 0 Å². The minimum absolute atomic E-state index is 0.162. The quantitative estimate of drug-likeness (QED) is 0.775. The Morgan fingerprint density at radius 1 is 1.16 bits per heavy atom. The molecule has 0 aromatic heterocycles. The summed E-state index contributed by atoms with van der Waals surface area (Å²) in [5.74, 6) is -0.333. The number of hydrogen-bond donors (Lipinski definition) is 2. The van der Waals surface area contributed by atoms with Crippen molar-refractivity contribution in [3.8, 4) is 0 Å². The van der Waals surface area contributed by atoms with Gasteiger partial charge in [0.25, 0.3) is 0 Å². The minimum atomic E-state index is -3.79. The van der Waals surface area contributed by atoms with Gasteiger partial charge in [0.2, 0.25) is 20.0 Å². The monoisotopic (exact) mass is 391 g/mol. The third-order valence-electron chi connectivity index (χ3n) is 4.81. The first-order valence-corrected chi connectivity index (χ1v) is 11.1. The zero-order valence-electron chi connectivity index (χ0n) is 14.1. The van der Waals surface area contributed by atoms with Crippen molar-refractivity contribution in [1.82, 2.24) is 9.62 Å². The first-order chi connectivity index (χ1) is 11.6. The molecule has 0 amide bonds. The third-order valence-corrected chi connectivity index (χ3v) is 8.38. The molecule has 140 valence electrons. The number of fused-ring (bicyclic) bond motifs is 1.